The Bertz CT molecular complexity index is 1400. The lowest BCUT2D eigenvalue weighted by molar-refractivity contribution is -0.118. The Morgan fingerprint density at radius 2 is 1.81 bits per heavy atom. The van der Waals surface area contributed by atoms with Gasteiger partial charge in [-0.15, -0.1) is 0 Å². The number of nitrogens with one attached hydrogen (secondary N) is 1. The van der Waals surface area contributed by atoms with Crippen molar-refractivity contribution in [1.29, 1.82) is 0 Å². The number of sulfone groups is 1. The minimum Gasteiger partial charge on any atom is -0.482 e. The Morgan fingerprint density at radius 3 is 2.59 bits per heavy atom. The predicted octanol–water partition coefficient (Wildman–Crippen LogP) is 2.27. The molecule has 1 atom stereocenters. The van der Waals surface area contributed by atoms with Crippen LogP contribution in [0.15, 0.2) is 71.6 Å². The molecule has 2 aliphatic heterocycles. The zero-order chi connectivity index (χ0) is 22.7. The summed E-state index contributed by atoms with van der Waals surface area (Å²) in [7, 11) is -3.54. The molecule has 2 amide bonds. The van der Waals surface area contributed by atoms with E-state index in [4.69, 9.17) is 4.74 Å². The summed E-state index contributed by atoms with van der Waals surface area (Å²) in [5, 5.41) is 14.8. The third-order valence-electron chi connectivity index (χ3n) is 5.58. The van der Waals surface area contributed by atoms with Gasteiger partial charge < -0.3 is 15.2 Å². The summed E-state index contributed by atoms with van der Waals surface area (Å²) < 4.78 is 29.6. The number of hydrogen-bond acceptors (Lipinski definition) is 6. The van der Waals surface area contributed by atoms with Crippen LogP contribution in [0.3, 0.4) is 0 Å². The van der Waals surface area contributed by atoms with Gasteiger partial charge in [-0.05, 0) is 42.5 Å². The molecule has 2 N–H and O–H groups in total. The fraction of sp³-hybridized carbons (Fsp3) is 0.130. The van der Waals surface area contributed by atoms with Crippen LogP contribution in [0.2, 0.25) is 0 Å². The van der Waals surface area contributed by atoms with Crippen molar-refractivity contribution < 1.29 is 27.9 Å². The van der Waals surface area contributed by atoms with Gasteiger partial charge in [0.15, 0.2) is 22.2 Å². The molecule has 0 spiro atoms. The maximum absolute atomic E-state index is 13.4. The van der Waals surface area contributed by atoms with Gasteiger partial charge in [-0.2, -0.15) is 0 Å². The molecule has 0 aliphatic carbocycles. The highest BCUT2D eigenvalue weighted by Gasteiger charge is 2.51. The standard InChI is InChI=1S/C23H18N2O6S/c1-32(29,30)16-6-4-5-15(12-16)25-22(27)17-7-2-3-8-18(17)23(25,28)14-9-10-20-19(11-14)24-21(26)13-31-20/h2-12,28H,13H2,1H3,(H,24,26). The second-order valence-corrected chi connectivity index (χ2v) is 9.69. The van der Waals surface area contributed by atoms with Crippen LogP contribution in [0, 0.1) is 0 Å². The van der Waals surface area contributed by atoms with Crippen molar-refractivity contribution in [2.24, 2.45) is 0 Å². The van der Waals surface area contributed by atoms with Gasteiger partial charge in [0.1, 0.15) is 5.75 Å². The lowest BCUT2D eigenvalue weighted by atomic mass is 9.93. The highest BCUT2D eigenvalue weighted by molar-refractivity contribution is 7.90. The Labute approximate surface area is 184 Å². The van der Waals surface area contributed by atoms with Gasteiger partial charge in [0.2, 0.25) is 0 Å². The summed E-state index contributed by atoms with van der Waals surface area (Å²) in [6.45, 7) is -0.109. The van der Waals surface area contributed by atoms with E-state index in [-0.39, 0.29) is 28.7 Å². The fourth-order valence-corrected chi connectivity index (χ4v) is 4.76. The Balaban J connectivity index is 1.74. The third kappa shape index (κ3) is 2.97. The summed E-state index contributed by atoms with van der Waals surface area (Å²) in [5.74, 6) is -0.366. The molecule has 1 unspecified atom stereocenters. The van der Waals surface area contributed by atoms with Crippen LogP contribution in [-0.2, 0) is 20.4 Å². The quantitative estimate of drug-likeness (QED) is 0.633. The van der Waals surface area contributed by atoms with Crippen molar-refractivity contribution >= 4 is 33.0 Å². The molecule has 8 nitrogen and oxygen atoms in total. The molecule has 0 aromatic heterocycles. The second-order valence-electron chi connectivity index (χ2n) is 7.68. The van der Waals surface area contributed by atoms with Crippen LogP contribution < -0.4 is 15.0 Å². The number of amides is 2. The molecule has 3 aromatic rings. The minimum absolute atomic E-state index is 0.0206. The molecule has 2 aliphatic rings. The molecule has 3 aromatic carbocycles. The van der Waals surface area contributed by atoms with Gasteiger partial charge in [0, 0.05) is 28.6 Å². The van der Waals surface area contributed by atoms with E-state index in [1.807, 2.05) is 0 Å². The molecule has 0 saturated heterocycles. The largest absolute Gasteiger partial charge is 0.482 e. The number of fused-ring (bicyclic) bond motifs is 2. The number of nitrogens with zero attached hydrogens (tertiary/aromatic N) is 1. The SMILES string of the molecule is CS(=O)(=O)c1cccc(N2C(=O)c3ccccc3C2(O)c2ccc3c(c2)NC(=O)CO3)c1. The summed E-state index contributed by atoms with van der Waals surface area (Å²) in [6.07, 6.45) is 1.07. The monoisotopic (exact) mass is 450 g/mol. The van der Waals surface area contributed by atoms with Gasteiger partial charge in [-0.25, -0.2) is 8.42 Å². The van der Waals surface area contributed by atoms with E-state index in [9.17, 15) is 23.1 Å². The molecule has 162 valence electrons. The molecule has 2 heterocycles. The van der Waals surface area contributed by atoms with Crippen molar-refractivity contribution in [1.82, 2.24) is 0 Å². The van der Waals surface area contributed by atoms with Crippen molar-refractivity contribution in [2.75, 3.05) is 23.1 Å². The number of aliphatic hydroxyl groups is 1. The molecular weight excluding hydrogens is 432 g/mol. The molecule has 5 rings (SSSR count). The lowest BCUT2D eigenvalue weighted by Crippen LogP contribution is -2.45. The molecule has 0 fully saturated rings. The van der Waals surface area contributed by atoms with Crippen LogP contribution in [0.1, 0.15) is 21.5 Å². The smallest absolute Gasteiger partial charge is 0.262 e. The molecule has 0 bridgehead atoms. The van der Waals surface area contributed by atoms with Gasteiger partial charge in [-0.1, -0.05) is 24.3 Å². The summed E-state index contributed by atoms with van der Waals surface area (Å²) in [6, 6.07) is 17.3. The highest BCUT2D eigenvalue weighted by atomic mass is 32.2. The third-order valence-corrected chi connectivity index (χ3v) is 6.69. The average Bonchev–Trinajstić information content (AvgIpc) is 3.01. The molecule has 0 saturated carbocycles. The topological polar surface area (TPSA) is 113 Å². The normalized spacial score (nSPS) is 19.8. The minimum atomic E-state index is -3.54. The number of carbonyl (C=O) groups excluding carboxylic acids is 2. The number of carbonyl (C=O) groups is 2. The van der Waals surface area contributed by atoms with Gasteiger partial charge >= 0.3 is 0 Å². The number of rotatable bonds is 3. The summed E-state index contributed by atoms with van der Waals surface area (Å²) in [5.41, 5.74) is -0.412. The fourth-order valence-electron chi connectivity index (χ4n) is 4.10. The highest BCUT2D eigenvalue weighted by Crippen LogP contribution is 2.46. The van der Waals surface area contributed by atoms with Crippen molar-refractivity contribution in [3.8, 4) is 5.75 Å². The van der Waals surface area contributed by atoms with E-state index < -0.39 is 21.5 Å². The molecular formula is C23H18N2O6S. The first-order chi connectivity index (χ1) is 15.2. The second kappa shape index (κ2) is 6.91. The summed E-state index contributed by atoms with van der Waals surface area (Å²) in [4.78, 5) is 26.4. The lowest BCUT2D eigenvalue weighted by Gasteiger charge is -2.35. The number of benzene rings is 3. The van der Waals surface area contributed by atoms with Crippen molar-refractivity contribution in [2.45, 2.75) is 10.6 Å². The van der Waals surface area contributed by atoms with E-state index in [1.165, 1.54) is 23.1 Å². The zero-order valence-corrected chi connectivity index (χ0v) is 17.7. The Kier molecular flexibility index (Phi) is 4.37. The zero-order valence-electron chi connectivity index (χ0n) is 16.9. The maximum Gasteiger partial charge on any atom is 0.262 e. The van der Waals surface area contributed by atoms with E-state index >= 15 is 0 Å². The van der Waals surface area contributed by atoms with Gasteiger partial charge in [-0.3, -0.25) is 14.5 Å². The summed E-state index contributed by atoms with van der Waals surface area (Å²) >= 11 is 0. The van der Waals surface area contributed by atoms with E-state index in [0.717, 1.165) is 6.26 Å². The molecule has 9 heteroatoms. The van der Waals surface area contributed by atoms with Gasteiger partial charge in [0.05, 0.1) is 10.6 Å². The Morgan fingerprint density at radius 1 is 1.03 bits per heavy atom. The van der Waals surface area contributed by atoms with Crippen LogP contribution in [0.5, 0.6) is 5.75 Å². The Hall–Kier alpha value is -3.69. The van der Waals surface area contributed by atoms with Crippen LogP contribution in [0.4, 0.5) is 11.4 Å². The predicted molar refractivity (Wildman–Crippen MR) is 116 cm³/mol. The van der Waals surface area contributed by atoms with Crippen LogP contribution >= 0.6 is 0 Å². The van der Waals surface area contributed by atoms with Gasteiger partial charge in [0.25, 0.3) is 11.8 Å². The first kappa shape index (κ1) is 20.2. The van der Waals surface area contributed by atoms with Crippen molar-refractivity contribution in [3.63, 3.8) is 0 Å². The molecule has 32 heavy (non-hydrogen) atoms. The average molecular weight is 450 g/mol. The van der Waals surface area contributed by atoms with E-state index in [2.05, 4.69) is 5.32 Å². The van der Waals surface area contributed by atoms with Crippen molar-refractivity contribution in [3.05, 3.63) is 83.4 Å². The maximum atomic E-state index is 13.4. The molecule has 0 radical (unpaired) electrons. The number of ether oxygens (including phenoxy) is 1. The van der Waals surface area contributed by atoms with Crippen LogP contribution in [0.25, 0.3) is 0 Å². The number of anilines is 2. The van der Waals surface area contributed by atoms with Crippen LogP contribution in [-0.4, -0.2) is 38.2 Å². The number of hydrogen-bond donors (Lipinski definition) is 2. The first-order valence-electron chi connectivity index (χ1n) is 9.73. The van der Waals surface area contributed by atoms with E-state index in [1.54, 1.807) is 48.5 Å². The first-order valence-corrected chi connectivity index (χ1v) is 11.6. The van der Waals surface area contributed by atoms with E-state index in [0.29, 0.717) is 22.6 Å².